The van der Waals surface area contributed by atoms with Gasteiger partial charge >= 0.3 is 0 Å². The lowest BCUT2D eigenvalue weighted by molar-refractivity contribution is -0.122. The first-order chi connectivity index (χ1) is 12.6. The second kappa shape index (κ2) is 10.7. The van der Waals surface area contributed by atoms with Crippen LogP contribution in [-0.4, -0.2) is 28.7 Å². The molecule has 26 heavy (non-hydrogen) atoms. The molecule has 0 atom stereocenters. The zero-order chi connectivity index (χ0) is 18.8. The monoisotopic (exact) mass is 360 g/mol. The number of halogens is 1. The Hall–Kier alpha value is -2.24. The molecule has 2 aromatic carbocycles. The molecule has 0 spiro atoms. The maximum absolute atomic E-state index is 13.1. The first kappa shape index (κ1) is 20.1. The van der Waals surface area contributed by atoms with Crippen molar-refractivity contribution in [1.29, 1.82) is 0 Å². The molecule has 1 aliphatic rings. The van der Waals surface area contributed by atoms with Crippen LogP contribution in [0.4, 0.5) is 4.39 Å². The molecule has 4 nitrogen and oxygen atoms in total. The largest absolute Gasteiger partial charge is 0.489 e. The van der Waals surface area contributed by atoms with Crippen molar-refractivity contribution < 1.29 is 24.1 Å². The molecule has 0 bridgehead atoms. The highest BCUT2D eigenvalue weighted by Crippen LogP contribution is 2.21. The van der Waals surface area contributed by atoms with E-state index < -0.39 is 0 Å². The smallest absolute Gasteiger partial charge is 0.133 e. The Morgan fingerprint density at radius 3 is 2.38 bits per heavy atom. The summed E-state index contributed by atoms with van der Waals surface area (Å²) in [6.45, 7) is 0.413. The van der Waals surface area contributed by atoms with Gasteiger partial charge in [0.2, 0.25) is 0 Å². The van der Waals surface area contributed by atoms with Crippen LogP contribution in [0.3, 0.4) is 0 Å². The van der Waals surface area contributed by atoms with Gasteiger partial charge in [-0.15, -0.1) is 0 Å². The van der Waals surface area contributed by atoms with Crippen LogP contribution in [-0.2, 0) is 17.8 Å². The summed E-state index contributed by atoms with van der Waals surface area (Å²) in [5.41, 5.74) is 1.74. The predicted octanol–water partition coefficient (Wildman–Crippen LogP) is 3.43. The highest BCUT2D eigenvalue weighted by molar-refractivity contribution is 5.79. The molecule has 140 valence electrons. The van der Waals surface area contributed by atoms with Gasteiger partial charge in [-0.25, -0.2) is 4.39 Å². The molecule has 1 fully saturated rings. The highest BCUT2D eigenvalue weighted by atomic mass is 19.1. The molecule has 3 rings (SSSR count). The Morgan fingerprint density at radius 1 is 1.08 bits per heavy atom. The third-order valence-corrected chi connectivity index (χ3v) is 4.15. The zero-order valence-corrected chi connectivity index (χ0v) is 14.7. The predicted molar refractivity (Wildman–Crippen MR) is 97.4 cm³/mol. The van der Waals surface area contributed by atoms with Crippen molar-refractivity contribution >= 4 is 5.78 Å². The number of aliphatic hydroxyl groups excluding tert-OH is 2. The van der Waals surface area contributed by atoms with Gasteiger partial charge in [0.05, 0.1) is 6.10 Å². The van der Waals surface area contributed by atoms with Crippen molar-refractivity contribution in [2.45, 2.75) is 44.8 Å². The maximum atomic E-state index is 13.1. The second-order valence-electron chi connectivity index (χ2n) is 6.27. The van der Waals surface area contributed by atoms with Crippen molar-refractivity contribution in [1.82, 2.24) is 0 Å². The van der Waals surface area contributed by atoms with E-state index in [1.807, 2.05) is 30.3 Å². The van der Waals surface area contributed by atoms with Gasteiger partial charge in [-0.3, -0.25) is 4.79 Å². The van der Waals surface area contributed by atoms with Gasteiger partial charge in [0.25, 0.3) is 0 Å². The number of carbonyl (C=O) groups excluding carboxylic acids is 1. The van der Waals surface area contributed by atoms with E-state index in [0.29, 0.717) is 55.8 Å². The fourth-order valence-corrected chi connectivity index (χ4v) is 2.66. The molecular weight excluding hydrogens is 335 g/mol. The topological polar surface area (TPSA) is 66.8 Å². The molecule has 0 saturated heterocycles. The summed E-state index contributed by atoms with van der Waals surface area (Å²) in [5, 5.41) is 17.8. The Balaban J connectivity index is 0.000000254. The van der Waals surface area contributed by atoms with Crippen molar-refractivity contribution in [3.63, 3.8) is 0 Å². The van der Waals surface area contributed by atoms with Crippen LogP contribution in [0.5, 0.6) is 5.75 Å². The molecule has 2 aromatic rings. The number of aliphatic hydroxyl groups is 2. The van der Waals surface area contributed by atoms with E-state index in [-0.39, 0.29) is 18.5 Å². The lowest BCUT2D eigenvalue weighted by Crippen LogP contribution is -2.17. The summed E-state index contributed by atoms with van der Waals surface area (Å²) >= 11 is 0. The molecule has 1 saturated carbocycles. The summed E-state index contributed by atoms with van der Waals surface area (Å²) < 4.78 is 18.7. The van der Waals surface area contributed by atoms with Crippen molar-refractivity contribution in [2.75, 3.05) is 6.61 Å². The van der Waals surface area contributed by atoms with E-state index >= 15 is 0 Å². The van der Waals surface area contributed by atoms with Gasteiger partial charge in [0.15, 0.2) is 0 Å². The molecule has 5 heteroatoms. The third kappa shape index (κ3) is 6.94. The number of benzene rings is 2. The SMILES string of the molecule is O=C1CCC(O)CC1.OCCc1cc(F)ccc1OCc1ccccc1. The minimum atomic E-state index is -0.314. The van der Waals surface area contributed by atoms with Crippen LogP contribution in [0.2, 0.25) is 0 Å². The van der Waals surface area contributed by atoms with Gasteiger partial charge in [-0.1, -0.05) is 30.3 Å². The Kier molecular flexibility index (Phi) is 8.25. The van der Waals surface area contributed by atoms with E-state index in [9.17, 15) is 9.18 Å². The molecule has 0 amide bonds. The third-order valence-electron chi connectivity index (χ3n) is 4.15. The van der Waals surface area contributed by atoms with Crippen molar-refractivity contribution in [3.8, 4) is 5.75 Å². The number of carbonyl (C=O) groups is 1. The van der Waals surface area contributed by atoms with Gasteiger partial charge in [0, 0.05) is 19.4 Å². The summed E-state index contributed by atoms with van der Waals surface area (Å²) in [6.07, 6.45) is 2.72. The van der Waals surface area contributed by atoms with Crippen molar-refractivity contribution in [2.24, 2.45) is 0 Å². The zero-order valence-electron chi connectivity index (χ0n) is 14.7. The number of hydrogen-bond donors (Lipinski definition) is 2. The highest BCUT2D eigenvalue weighted by Gasteiger charge is 2.15. The Morgan fingerprint density at radius 2 is 1.77 bits per heavy atom. The average Bonchev–Trinajstić information content (AvgIpc) is 2.65. The normalized spacial score (nSPS) is 14.5. The van der Waals surface area contributed by atoms with Gasteiger partial charge in [-0.05, 0) is 48.6 Å². The standard InChI is InChI=1S/C15H15FO2.C6H10O2/c16-14-6-7-15(13(10-14)8-9-17)18-11-12-4-2-1-3-5-12;7-5-1-2-6(8)4-3-5/h1-7,10,17H,8-9,11H2;5,7H,1-4H2. The van der Waals surface area contributed by atoms with Crippen LogP contribution in [0.1, 0.15) is 36.8 Å². The first-order valence-corrected chi connectivity index (χ1v) is 8.84. The van der Waals surface area contributed by atoms with E-state index in [0.717, 1.165) is 5.56 Å². The van der Waals surface area contributed by atoms with Gasteiger partial charge in [0.1, 0.15) is 24.0 Å². The summed E-state index contributed by atoms with van der Waals surface area (Å²) in [4.78, 5) is 10.5. The first-order valence-electron chi connectivity index (χ1n) is 8.84. The van der Waals surface area contributed by atoms with Crippen LogP contribution >= 0.6 is 0 Å². The number of hydrogen-bond acceptors (Lipinski definition) is 4. The molecular formula is C21H25FO4. The minimum Gasteiger partial charge on any atom is -0.489 e. The Bertz CT molecular complexity index is 678. The van der Waals surface area contributed by atoms with E-state index in [4.69, 9.17) is 14.9 Å². The van der Waals surface area contributed by atoms with Crippen LogP contribution < -0.4 is 4.74 Å². The summed E-state index contributed by atoms with van der Waals surface area (Å²) in [7, 11) is 0. The van der Waals surface area contributed by atoms with Gasteiger partial charge in [-0.2, -0.15) is 0 Å². The van der Waals surface area contributed by atoms with E-state index in [1.54, 1.807) is 6.07 Å². The average molecular weight is 360 g/mol. The molecule has 2 N–H and O–H groups in total. The Labute approximate surface area is 153 Å². The molecule has 0 unspecified atom stereocenters. The lowest BCUT2D eigenvalue weighted by atomic mass is 9.97. The van der Waals surface area contributed by atoms with Gasteiger partial charge < -0.3 is 14.9 Å². The number of Topliss-reactive ketones (excluding diaryl/α,β-unsaturated/α-hetero) is 1. The molecule has 0 radical (unpaired) electrons. The van der Waals surface area contributed by atoms with Crippen molar-refractivity contribution in [3.05, 3.63) is 65.5 Å². The molecule has 0 aromatic heterocycles. The minimum absolute atomic E-state index is 0.0227. The molecule has 1 aliphatic carbocycles. The fourth-order valence-electron chi connectivity index (χ4n) is 2.66. The fraction of sp³-hybridized carbons (Fsp3) is 0.381. The van der Waals surface area contributed by atoms with E-state index in [2.05, 4.69) is 0 Å². The number of ether oxygens (including phenoxy) is 1. The van der Waals surface area contributed by atoms with Crippen LogP contribution in [0.15, 0.2) is 48.5 Å². The van der Waals surface area contributed by atoms with Crippen LogP contribution in [0, 0.1) is 5.82 Å². The van der Waals surface area contributed by atoms with Crippen LogP contribution in [0.25, 0.3) is 0 Å². The number of ketones is 1. The summed E-state index contributed by atoms with van der Waals surface area (Å²) in [6, 6.07) is 14.1. The summed E-state index contributed by atoms with van der Waals surface area (Å²) in [5.74, 6) is 0.607. The lowest BCUT2D eigenvalue weighted by Gasteiger charge is -2.13. The molecule has 0 heterocycles. The second-order valence-corrected chi connectivity index (χ2v) is 6.27. The molecule has 0 aliphatic heterocycles. The maximum Gasteiger partial charge on any atom is 0.133 e. The number of rotatable bonds is 5. The quantitative estimate of drug-likeness (QED) is 0.857. The van der Waals surface area contributed by atoms with E-state index in [1.165, 1.54) is 12.1 Å².